The van der Waals surface area contributed by atoms with Crippen LogP contribution in [0.2, 0.25) is 0 Å². The molecule has 1 N–H and O–H groups in total. The van der Waals surface area contributed by atoms with Gasteiger partial charge < -0.3 is 10.2 Å². The molecule has 3 heteroatoms. The molecule has 1 heterocycles. The molecule has 1 aliphatic heterocycles. The summed E-state index contributed by atoms with van der Waals surface area (Å²) in [6, 6.07) is 8.93. The van der Waals surface area contributed by atoms with E-state index in [-0.39, 0.29) is 11.8 Å². The summed E-state index contributed by atoms with van der Waals surface area (Å²) in [7, 11) is 0. The number of carbonyl (C=O) groups excluding carboxylic acids is 1. The molecule has 0 aromatic heterocycles. The van der Waals surface area contributed by atoms with Crippen LogP contribution >= 0.6 is 0 Å². The van der Waals surface area contributed by atoms with E-state index in [0.29, 0.717) is 6.04 Å². The van der Waals surface area contributed by atoms with Crippen molar-refractivity contribution in [3.8, 4) is 0 Å². The van der Waals surface area contributed by atoms with Crippen LogP contribution in [0.4, 0.5) is 5.69 Å². The molecule has 1 amide bonds. The van der Waals surface area contributed by atoms with E-state index >= 15 is 0 Å². The fraction of sp³-hybridized carbons (Fsp3) is 0.500. The average Bonchev–Trinajstić information content (AvgIpc) is 2.97. The number of carbonyl (C=O) groups is 1. The van der Waals surface area contributed by atoms with Gasteiger partial charge in [-0.1, -0.05) is 30.4 Å². The van der Waals surface area contributed by atoms with Crippen molar-refractivity contribution in [2.45, 2.75) is 38.6 Å². The van der Waals surface area contributed by atoms with E-state index in [0.717, 1.165) is 38.8 Å². The average molecular weight is 284 g/mol. The highest BCUT2D eigenvalue weighted by Gasteiger charge is 2.24. The van der Waals surface area contributed by atoms with E-state index in [1.54, 1.807) is 0 Å². The van der Waals surface area contributed by atoms with Crippen LogP contribution in [-0.4, -0.2) is 25.0 Å². The molecule has 0 bridgehead atoms. The molecular weight excluding hydrogens is 260 g/mol. The summed E-state index contributed by atoms with van der Waals surface area (Å²) in [6.07, 6.45) is 8.34. The van der Waals surface area contributed by atoms with Gasteiger partial charge >= 0.3 is 0 Å². The number of amides is 1. The van der Waals surface area contributed by atoms with Crippen LogP contribution in [-0.2, 0) is 11.2 Å². The van der Waals surface area contributed by atoms with E-state index in [1.165, 1.54) is 11.3 Å². The maximum atomic E-state index is 12.2. The Morgan fingerprint density at radius 3 is 3.05 bits per heavy atom. The van der Waals surface area contributed by atoms with Crippen molar-refractivity contribution in [2.24, 2.45) is 5.92 Å². The molecule has 0 saturated carbocycles. The van der Waals surface area contributed by atoms with E-state index in [9.17, 15) is 4.79 Å². The van der Waals surface area contributed by atoms with Crippen LogP contribution in [0.1, 0.15) is 31.7 Å². The highest BCUT2D eigenvalue weighted by molar-refractivity contribution is 5.79. The summed E-state index contributed by atoms with van der Waals surface area (Å²) in [5.74, 6) is 0.395. The highest BCUT2D eigenvalue weighted by Crippen LogP contribution is 2.29. The van der Waals surface area contributed by atoms with Crippen molar-refractivity contribution in [1.29, 1.82) is 0 Å². The maximum absolute atomic E-state index is 12.2. The van der Waals surface area contributed by atoms with Crippen molar-refractivity contribution in [3.05, 3.63) is 42.0 Å². The maximum Gasteiger partial charge on any atom is 0.223 e. The molecule has 0 unspecified atom stereocenters. The molecular formula is C18H24N2O. The molecule has 1 aliphatic carbocycles. The number of para-hydroxylation sites is 1. The fourth-order valence-corrected chi connectivity index (χ4v) is 3.36. The number of hydrogen-bond acceptors (Lipinski definition) is 2. The number of nitrogens with zero attached hydrogens (tertiary/aromatic N) is 1. The number of fused-ring (bicyclic) bond motifs is 1. The first kappa shape index (κ1) is 14.2. The summed E-state index contributed by atoms with van der Waals surface area (Å²) in [4.78, 5) is 14.6. The van der Waals surface area contributed by atoms with Crippen molar-refractivity contribution in [3.63, 3.8) is 0 Å². The number of hydrogen-bond donors (Lipinski definition) is 1. The zero-order valence-electron chi connectivity index (χ0n) is 12.7. The van der Waals surface area contributed by atoms with Gasteiger partial charge in [-0.15, -0.1) is 0 Å². The molecule has 3 nitrogen and oxygen atoms in total. The fourth-order valence-electron chi connectivity index (χ4n) is 3.36. The van der Waals surface area contributed by atoms with Gasteiger partial charge in [-0.25, -0.2) is 0 Å². The quantitative estimate of drug-likeness (QED) is 0.862. The lowest BCUT2D eigenvalue weighted by Crippen LogP contribution is -2.43. The first-order valence-electron chi connectivity index (χ1n) is 8.03. The first-order valence-corrected chi connectivity index (χ1v) is 8.03. The first-order chi connectivity index (χ1) is 10.3. The zero-order valence-corrected chi connectivity index (χ0v) is 12.7. The minimum absolute atomic E-state index is 0.174. The van der Waals surface area contributed by atoms with Gasteiger partial charge in [0.25, 0.3) is 0 Å². The number of nitrogens with one attached hydrogen (secondary N) is 1. The summed E-state index contributed by atoms with van der Waals surface area (Å²) in [5.41, 5.74) is 2.76. The molecule has 2 atom stereocenters. The predicted octanol–water partition coefficient (Wildman–Crippen LogP) is 2.91. The van der Waals surface area contributed by atoms with Gasteiger partial charge in [-0.3, -0.25) is 4.79 Å². The van der Waals surface area contributed by atoms with Gasteiger partial charge in [0.05, 0.1) is 0 Å². The standard InChI is InChI=1S/C18H24N2O/c1-14(13-19-18(21)16-8-3-2-4-9-16)20-12-11-15-7-5-6-10-17(15)20/h2-3,5-7,10,14,16H,4,8-9,11-13H2,1H3,(H,19,21)/t14-,16-/m1/s1. The summed E-state index contributed by atoms with van der Waals surface area (Å²) < 4.78 is 0. The Hall–Kier alpha value is -1.77. The Bertz CT molecular complexity index is 538. The van der Waals surface area contributed by atoms with Crippen LogP contribution in [0, 0.1) is 5.92 Å². The van der Waals surface area contributed by atoms with Gasteiger partial charge in [0, 0.05) is 30.7 Å². The Balaban J connectivity index is 1.54. The summed E-state index contributed by atoms with van der Waals surface area (Å²) in [5, 5.41) is 3.15. The lowest BCUT2D eigenvalue weighted by Gasteiger charge is -2.28. The molecule has 1 aromatic rings. The van der Waals surface area contributed by atoms with E-state index < -0.39 is 0 Å². The molecule has 0 radical (unpaired) electrons. The van der Waals surface area contributed by atoms with Crippen molar-refractivity contribution in [2.75, 3.05) is 18.0 Å². The Labute approximate surface area is 127 Å². The Kier molecular flexibility index (Phi) is 4.28. The topological polar surface area (TPSA) is 32.3 Å². The number of allylic oxidation sites excluding steroid dienone is 2. The number of benzene rings is 1. The third kappa shape index (κ3) is 3.12. The summed E-state index contributed by atoms with van der Waals surface area (Å²) >= 11 is 0. The van der Waals surface area contributed by atoms with Crippen LogP contribution in [0.15, 0.2) is 36.4 Å². The van der Waals surface area contributed by atoms with E-state index in [4.69, 9.17) is 0 Å². The molecule has 3 rings (SSSR count). The smallest absolute Gasteiger partial charge is 0.223 e. The Morgan fingerprint density at radius 2 is 2.24 bits per heavy atom. The van der Waals surface area contributed by atoms with Crippen molar-refractivity contribution in [1.82, 2.24) is 5.32 Å². The SMILES string of the molecule is C[C@H](CNC(=O)[C@@H]1CC=CCC1)N1CCc2ccccc21. The normalized spacial score (nSPS) is 22.0. The zero-order chi connectivity index (χ0) is 14.7. The Morgan fingerprint density at radius 1 is 1.38 bits per heavy atom. The van der Waals surface area contributed by atoms with Crippen LogP contribution in [0.25, 0.3) is 0 Å². The lowest BCUT2D eigenvalue weighted by atomic mass is 9.93. The molecule has 21 heavy (non-hydrogen) atoms. The molecule has 2 aliphatic rings. The highest BCUT2D eigenvalue weighted by atomic mass is 16.1. The van der Waals surface area contributed by atoms with Gasteiger partial charge in [-0.2, -0.15) is 0 Å². The molecule has 1 aromatic carbocycles. The monoisotopic (exact) mass is 284 g/mol. The second-order valence-electron chi connectivity index (χ2n) is 6.15. The van der Waals surface area contributed by atoms with E-state index in [2.05, 4.69) is 53.6 Å². The van der Waals surface area contributed by atoms with Crippen LogP contribution in [0.5, 0.6) is 0 Å². The molecule has 0 spiro atoms. The van der Waals surface area contributed by atoms with Crippen LogP contribution in [0.3, 0.4) is 0 Å². The van der Waals surface area contributed by atoms with Crippen molar-refractivity contribution < 1.29 is 4.79 Å². The van der Waals surface area contributed by atoms with Gasteiger partial charge in [0.2, 0.25) is 5.91 Å². The minimum atomic E-state index is 0.174. The largest absolute Gasteiger partial charge is 0.366 e. The minimum Gasteiger partial charge on any atom is -0.366 e. The molecule has 0 saturated heterocycles. The lowest BCUT2D eigenvalue weighted by molar-refractivity contribution is -0.125. The summed E-state index contributed by atoms with van der Waals surface area (Å²) in [6.45, 7) is 3.99. The second-order valence-corrected chi connectivity index (χ2v) is 6.15. The molecule has 112 valence electrons. The second kappa shape index (κ2) is 6.33. The third-order valence-electron chi connectivity index (χ3n) is 4.67. The van der Waals surface area contributed by atoms with Gasteiger partial charge in [-0.05, 0) is 44.2 Å². The van der Waals surface area contributed by atoms with Gasteiger partial charge in [0.15, 0.2) is 0 Å². The van der Waals surface area contributed by atoms with Crippen LogP contribution < -0.4 is 10.2 Å². The van der Waals surface area contributed by atoms with Gasteiger partial charge in [0.1, 0.15) is 0 Å². The van der Waals surface area contributed by atoms with E-state index in [1.807, 2.05) is 0 Å². The molecule has 0 fully saturated rings. The number of rotatable bonds is 4. The number of anilines is 1. The van der Waals surface area contributed by atoms with Crippen molar-refractivity contribution >= 4 is 11.6 Å². The third-order valence-corrected chi connectivity index (χ3v) is 4.67. The predicted molar refractivity (Wildman–Crippen MR) is 86.4 cm³/mol.